The van der Waals surface area contributed by atoms with Crippen molar-refractivity contribution >= 4 is 11.6 Å². The fourth-order valence-corrected chi connectivity index (χ4v) is 2.41. The minimum Gasteiger partial charge on any atom is -0.381 e. The highest BCUT2D eigenvalue weighted by Crippen LogP contribution is 2.21. The lowest BCUT2D eigenvalue weighted by Gasteiger charge is -2.23. The molecular weight excluding hydrogens is 252 g/mol. The van der Waals surface area contributed by atoms with Gasteiger partial charge in [-0.15, -0.1) is 0 Å². The van der Waals surface area contributed by atoms with Gasteiger partial charge in [0.15, 0.2) is 0 Å². The van der Waals surface area contributed by atoms with Gasteiger partial charge in [0.05, 0.1) is 0 Å². The highest BCUT2D eigenvalue weighted by molar-refractivity contribution is 5.57. The number of ether oxygens (including phenoxy) is 1. The predicted octanol–water partition coefficient (Wildman–Crippen LogP) is 2.75. The molecular formula is C15H26N4O. The number of rotatable bonds is 6. The monoisotopic (exact) mass is 278 g/mol. The third-order valence-corrected chi connectivity index (χ3v) is 3.70. The van der Waals surface area contributed by atoms with Gasteiger partial charge in [-0.3, -0.25) is 0 Å². The smallest absolute Gasteiger partial charge is 0.134 e. The van der Waals surface area contributed by atoms with Gasteiger partial charge in [0.1, 0.15) is 17.5 Å². The average molecular weight is 278 g/mol. The van der Waals surface area contributed by atoms with E-state index in [1.165, 1.54) is 0 Å². The van der Waals surface area contributed by atoms with E-state index < -0.39 is 0 Å². The van der Waals surface area contributed by atoms with E-state index >= 15 is 0 Å². The lowest BCUT2D eigenvalue weighted by Crippen LogP contribution is -2.23. The molecule has 2 N–H and O–H groups in total. The Bertz CT molecular complexity index is 430. The normalized spacial score (nSPS) is 16.1. The summed E-state index contributed by atoms with van der Waals surface area (Å²) in [4.78, 5) is 9.02. The van der Waals surface area contributed by atoms with Crippen LogP contribution in [0.2, 0.25) is 0 Å². The van der Waals surface area contributed by atoms with Crippen LogP contribution in [0, 0.1) is 19.8 Å². The van der Waals surface area contributed by atoms with Gasteiger partial charge in [-0.05, 0) is 39.0 Å². The van der Waals surface area contributed by atoms with Crippen LogP contribution in [0.1, 0.15) is 37.6 Å². The predicted molar refractivity (Wildman–Crippen MR) is 82.3 cm³/mol. The lowest BCUT2D eigenvalue weighted by atomic mass is 10.0. The molecule has 1 fully saturated rings. The maximum Gasteiger partial charge on any atom is 0.134 e. The number of nitrogens with zero attached hydrogens (tertiary/aromatic N) is 2. The number of aromatic nitrogens is 2. The van der Waals surface area contributed by atoms with Crippen molar-refractivity contribution in [1.82, 2.24) is 9.97 Å². The Labute approximate surface area is 121 Å². The summed E-state index contributed by atoms with van der Waals surface area (Å²) in [5.41, 5.74) is 1.11. The summed E-state index contributed by atoms with van der Waals surface area (Å²) >= 11 is 0. The molecule has 1 aromatic rings. The summed E-state index contributed by atoms with van der Waals surface area (Å²) in [7, 11) is 0. The van der Waals surface area contributed by atoms with Crippen LogP contribution in [-0.2, 0) is 4.74 Å². The Balaban J connectivity index is 2.00. The van der Waals surface area contributed by atoms with Crippen molar-refractivity contribution in [2.75, 3.05) is 36.9 Å². The van der Waals surface area contributed by atoms with Gasteiger partial charge in [-0.1, -0.05) is 6.92 Å². The number of anilines is 2. The van der Waals surface area contributed by atoms with Crippen LogP contribution in [0.3, 0.4) is 0 Å². The van der Waals surface area contributed by atoms with E-state index in [1.807, 2.05) is 6.92 Å². The highest BCUT2D eigenvalue weighted by atomic mass is 16.5. The van der Waals surface area contributed by atoms with Crippen molar-refractivity contribution in [2.24, 2.45) is 5.92 Å². The molecule has 0 spiro atoms. The van der Waals surface area contributed by atoms with Crippen molar-refractivity contribution in [2.45, 2.75) is 40.0 Å². The second-order valence-electron chi connectivity index (χ2n) is 5.46. The summed E-state index contributed by atoms with van der Waals surface area (Å²) in [5.74, 6) is 3.41. The second-order valence-corrected chi connectivity index (χ2v) is 5.46. The number of hydrogen-bond acceptors (Lipinski definition) is 5. The molecule has 0 radical (unpaired) electrons. The first-order valence-corrected chi connectivity index (χ1v) is 7.61. The van der Waals surface area contributed by atoms with Gasteiger partial charge in [0.2, 0.25) is 0 Å². The average Bonchev–Trinajstić information content (AvgIpc) is 2.47. The summed E-state index contributed by atoms with van der Waals surface area (Å²) in [6.45, 7) is 9.85. The van der Waals surface area contributed by atoms with Gasteiger partial charge >= 0.3 is 0 Å². The van der Waals surface area contributed by atoms with Crippen molar-refractivity contribution < 1.29 is 4.74 Å². The molecule has 0 bridgehead atoms. The SMILES string of the molecule is CCCNc1nc(C)nc(NCC2CCOCC2)c1C. The van der Waals surface area contributed by atoms with Crippen LogP contribution in [0.5, 0.6) is 0 Å². The largest absolute Gasteiger partial charge is 0.381 e. The maximum atomic E-state index is 5.39. The van der Waals surface area contributed by atoms with E-state index in [0.29, 0.717) is 5.92 Å². The molecule has 0 unspecified atom stereocenters. The fraction of sp³-hybridized carbons (Fsp3) is 0.733. The zero-order chi connectivity index (χ0) is 14.4. The Morgan fingerprint density at radius 1 is 1.10 bits per heavy atom. The lowest BCUT2D eigenvalue weighted by molar-refractivity contribution is 0.0699. The molecule has 5 heteroatoms. The standard InChI is InChI=1S/C15H26N4O/c1-4-7-16-14-11(2)15(19-12(3)18-14)17-10-13-5-8-20-9-6-13/h13H,4-10H2,1-3H3,(H2,16,17,18,19). The van der Waals surface area contributed by atoms with E-state index in [1.54, 1.807) is 0 Å². The minimum absolute atomic E-state index is 0.686. The summed E-state index contributed by atoms with van der Waals surface area (Å²) in [6, 6.07) is 0. The van der Waals surface area contributed by atoms with Crippen molar-refractivity contribution in [1.29, 1.82) is 0 Å². The van der Waals surface area contributed by atoms with Crippen LogP contribution in [0.15, 0.2) is 0 Å². The van der Waals surface area contributed by atoms with Crippen LogP contribution >= 0.6 is 0 Å². The minimum atomic E-state index is 0.686. The van der Waals surface area contributed by atoms with Gasteiger partial charge in [0.25, 0.3) is 0 Å². The van der Waals surface area contributed by atoms with Gasteiger partial charge in [0, 0.05) is 31.9 Å². The molecule has 0 atom stereocenters. The number of aryl methyl sites for hydroxylation is 1. The first kappa shape index (κ1) is 15.0. The first-order valence-electron chi connectivity index (χ1n) is 7.61. The molecule has 0 aromatic carbocycles. The second kappa shape index (κ2) is 7.43. The highest BCUT2D eigenvalue weighted by Gasteiger charge is 2.15. The van der Waals surface area contributed by atoms with Crippen molar-refractivity contribution in [3.8, 4) is 0 Å². The van der Waals surface area contributed by atoms with Crippen molar-refractivity contribution in [3.63, 3.8) is 0 Å². The number of hydrogen-bond donors (Lipinski definition) is 2. The Morgan fingerprint density at radius 3 is 2.40 bits per heavy atom. The molecule has 1 aliphatic heterocycles. The van der Waals surface area contributed by atoms with Crippen molar-refractivity contribution in [3.05, 3.63) is 11.4 Å². The molecule has 1 saturated heterocycles. The molecule has 1 aliphatic rings. The van der Waals surface area contributed by atoms with Crippen LogP contribution in [0.25, 0.3) is 0 Å². The van der Waals surface area contributed by atoms with E-state index in [9.17, 15) is 0 Å². The third kappa shape index (κ3) is 4.07. The molecule has 112 valence electrons. The summed E-state index contributed by atoms with van der Waals surface area (Å²) in [6.07, 6.45) is 3.36. The van der Waals surface area contributed by atoms with Gasteiger partial charge in [-0.2, -0.15) is 0 Å². The van der Waals surface area contributed by atoms with E-state index in [-0.39, 0.29) is 0 Å². The molecule has 20 heavy (non-hydrogen) atoms. The topological polar surface area (TPSA) is 59.1 Å². The maximum absolute atomic E-state index is 5.39. The molecule has 0 aliphatic carbocycles. The Kier molecular flexibility index (Phi) is 5.59. The molecule has 2 rings (SSSR count). The molecule has 1 aromatic heterocycles. The van der Waals surface area contributed by atoms with E-state index in [2.05, 4.69) is 34.4 Å². The number of nitrogens with one attached hydrogen (secondary N) is 2. The van der Waals surface area contributed by atoms with E-state index in [0.717, 1.165) is 68.6 Å². The zero-order valence-corrected chi connectivity index (χ0v) is 12.8. The summed E-state index contributed by atoms with van der Waals surface area (Å²) < 4.78 is 5.39. The first-order chi connectivity index (χ1) is 9.70. The van der Waals surface area contributed by atoms with Gasteiger partial charge in [-0.25, -0.2) is 9.97 Å². The van der Waals surface area contributed by atoms with Crippen LogP contribution < -0.4 is 10.6 Å². The molecule has 2 heterocycles. The quantitative estimate of drug-likeness (QED) is 0.838. The zero-order valence-electron chi connectivity index (χ0n) is 12.8. The Hall–Kier alpha value is -1.36. The Morgan fingerprint density at radius 2 is 1.75 bits per heavy atom. The van der Waals surface area contributed by atoms with E-state index in [4.69, 9.17) is 4.74 Å². The molecule has 5 nitrogen and oxygen atoms in total. The van der Waals surface area contributed by atoms with Crippen LogP contribution in [-0.4, -0.2) is 36.3 Å². The fourth-order valence-electron chi connectivity index (χ4n) is 2.41. The molecule has 0 amide bonds. The third-order valence-electron chi connectivity index (χ3n) is 3.70. The van der Waals surface area contributed by atoms with Crippen LogP contribution in [0.4, 0.5) is 11.6 Å². The summed E-state index contributed by atoms with van der Waals surface area (Å²) in [5, 5.41) is 6.86. The molecule has 0 saturated carbocycles. The van der Waals surface area contributed by atoms with Gasteiger partial charge < -0.3 is 15.4 Å².